The fourth-order valence-electron chi connectivity index (χ4n) is 4.33. The van der Waals surface area contributed by atoms with Gasteiger partial charge in [0, 0.05) is 36.5 Å². The van der Waals surface area contributed by atoms with Gasteiger partial charge in [-0.25, -0.2) is 0 Å². The van der Waals surface area contributed by atoms with Crippen molar-refractivity contribution in [3.05, 3.63) is 64.6 Å². The minimum atomic E-state index is -0.330. The number of hydrogen-bond donors (Lipinski definition) is 1. The molecule has 8 heteroatoms. The highest BCUT2D eigenvalue weighted by atomic mass is 16.5. The van der Waals surface area contributed by atoms with Crippen LogP contribution in [-0.4, -0.2) is 46.6 Å². The van der Waals surface area contributed by atoms with Gasteiger partial charge in [0.2, 0.25) is 0 Å². The first-order valence-electron chi connectivity index (χ1n) is 10.6. The second kappa shape index (κ2) is 8.12. The lowest BCUT2D eigenvalue weighted by Gasteiger charge is -2.13. The third kappa shape index (κ3) is 3.33. The molecule has 8 nitrogen and oxygen atoms in total. The molecule has 2 aromatic carbocycles. The first-order valence-corrected chi connectivity index (χ1v) is 10.6. The van der Waals surface area contributed by atoms with Crippen LogP contribution >= 0.6 is 0 Å². The summed E-state index contributed by atoms with van der Waals surface area (Å²) in [6.07, 6.45) is 1.92. The molecule has 0 aliphatic carbocycles. The number of aromatic nitrogens is 3. The smallest absolute Gasteiger partial charge is 0.296 e. The molecule has 1 atom stereocenters. The lowest BCUT2D eigenvalue weighted by molar-refractivity contribution is 0.0854. The van der Waals surface area contributed by atoms with Crippen LogP contribution in [0, 0.1) is 0 Å². The molecule has 4 aromatic rings. The number of nitrogens with one attached hydrogen (secondary N) is 1. The largest absolute Gasteiger partial charge is 0.497 e. The molecule has 1 saturated heterocycles. The lowest BCUT2D eigenvalue weighted by atomic mass is 10.1. The molecule has 164 valence electrons. The second-order valence-electron chi connectivity index (χ2n) is 7.91. The van der Waals surface area contributed by atoms with Crippen LogP contribution in [0.5, 0.6) is 5.75 Å². The van der Waals surface area contributed by atoms with Gasteiger partial charge < -0.3 is 19.4 Å². The van der Waals surface area contributed by atoms with Crippen LogP contribution in [0.15, 0.2) is 53.3 Å². The third-order valence-corrected chi connectivity index (χ3v) is 5.99. The molecule has 1 aliphatic heterocycles. The highest BCUT2D eigenvalue weighted by Gasteiger charge is 2.24. The predicted molar refractivity (Wildman–Crippen MR) is 122 cm³/mol. The van der Waals surface area contributed by atoms with E-state index in [1.807, 2.05) is 35.9 Å². The van der Waals surface area contributed by atoms with E-state index >= 15 is 0 Å². The SMILES string of the molecule is COc1ccc(-n2nc(C(=O)NCC3CCCO3)c3c4ccccc4n(C)c3c2=O)cc1. The van der Waals surface area contributed by atoms with E-state index in [1.165, 1.54) is 4.68 Å². The molecule has 2 aromatic heterocycles. The second-order valence-corrected chi connectivity index (χ2v) is 7.91. The van der Waals surface area contributed by atoms with Gasteiger partial charge in [0.1, 0.15) is 11.3 Å². The number of amides is 1. The normalized spacial score (nSPS) is 16.0. The Labute approximate surface area is 184 Å². The molecule has 5 rings (SSSR count). The number of fused-ring (bicyclic) bond motifs is 3. The van der Waals surface area contributed by atoms with E-state index in [0.29, 0.717) is 35.5 Å². The van der Waals surface area contributed by atoms with E-state index in [4.69, 9.17) is 9.47 Å². The van der Waals surface area contributed by atoms with E-state index in [1.54, 1.807) is 31.4 Å². The van der Waals surface area contributed by atoms with Crippen LogP contribution < -0.4 is 15.6 Å². The number of nitrogens with zero attached hydrogens (tertiary/aromatic N) is 3. The molecule has 1 N–H and O–H groups in total. The fraction of sp³-hybridized carbons (Fsp3) is 0.292. The van der Waals surface area contributed by atoms with Gasteiger partial charge in [0.25, 0.3) is 11.5 Å². The van der Waals surface area contributed by atoms with Crippen molar-refractivity contribution in [3.8, 4) is 11.4 Å². The zero-order chi connectivity index (χ0) is 22.2. The standard InChI is InChI=1S/C24H24N4O4/c1-27-19-8-4-3-7-18(19)20-21(23(29)25-14-17-6-5-13-32-17)26-28(24(30)22(20)27)15-9-11-16(31-2)12-10-15/h3-4,7-12,17H,5-6,13-14H2,1-2H3,(H,25,29). The summed E-state index contributed by atoms with van der Waals surface area (Å²) in [6, 6.07) is 14.6. The third-order valence-electron chi connectivity index (χ3n) is 5.99. The molecule has 0 spiro atoms. The maximum atomic E-state index is 13.5. The number of aryl methyl sites for hydroxylation is 1. The maximum absolute atomic E-state index is 13.5. The van der Waals surface area contributed by atoms with Crippen molar-refractivity contribution in [1.29, 1.82) is 0 Å². The molecule has 1 fully saturated rings. The van der Waals surface area contributed by atoms with Crippen LogP contribution in [-0.2, 0) is 11.8 Å². The molecule has 1 amide bonds. The van der Waals surface area contributed by atoms with E-state index < -0.39 is 0 Å². The minimum absolute atomic E-state index is 0.00875. The first-order chi connectivity index (χ1) is 15.6. The molecule has 1 unspecified atom stereocenters. The van der Waals surface area contributed by atoms with Crippen LogP contribution in [0.4, 0.5) is 0 Å². The Kier molecular flexibility index (Phi) is 5.14. The Morgan fingerprint density at radius 1 is 1.22 bits per heavy atom. The van der Waals surface area contributed by atoms with Crippen LogP contribution in [0.25, 0.3) is 27.5 Å². The number of carbonyl (C=O) groups excluding carboxylic acids is 1. The topological polar surface area (TPSA) is 87.4 Å². The van der Waals surface area contributed by atoms with Crippen molar-refractivity contribution in [1.82, 2.24) is 19.7 Å². The van der Waals surface area contributed by atoms with Crippen molar-refractivity contribution < 1.29 is 14.3 Å². The van der Waals surface area contributed by atoms with Crippen molar-refractivity contribution in [2.45, 2.75) is 18.9 Å². The first kappa shape index (κ1) is 20.3. The molecule has 32 heavy (non-hydrogen) atoms. The highest BCUT2D eigenvalue weighted by molar-refractivity contribution is 6.16. The fourth-order valence-corrected chi connectivity index (χ4v) is 4.33. The Balaban J connectivity index is 1.70. The van der Waals surface area contributed by atoms with Gasteiger partial charge in [0.05, 0.1) is 18.9 Å². The summed E-state index contributed by atoms with van der Waals surface area (Å²) in [5.41, 5.74) is 1.77. The summed E-state index contributed by atoms with van der Waals surface area (Å²) >= 11 is 0. The molecule has 0 bridgehead atoms. The van der Waals surface area contributed by atoms with Gasteiger partial charge >= 0.3 is 0 Å². The monoisotopic (exact) mass is 432 g/mol. The van der Waals surface area contributed by atoms with Gasteiger partial charge in [-0.1, -0.05) is 18.2 Å². The summed E-state index contributed by atoms with van der Waals surface area (Å²) < 4.78 is 14.0. The van der Waals surface area contributed by atoms with Crippen molar-refractivity contribution in [2.24, 2.45) is 7.05 Å². The zero-order valence-corrected chi connectivity index (χ0v) is 18.0. The van der Waals surface area contributed by atoms with E-state index in [2.05, 4.69) is 10.4 Å². The van der Waals surface area contributed by atoms with Gasteiger partial charge in [-0.3, -0.25) is 9.59 Å². The van der Waals surface area contributed by atoms with Gasteiger partial charge in [-0.2, -0.15) is 9.78 Å². The Morgan fingerprint density at radius 2 is 2.00 bits per heavy atom. The van der Waals surface area contributed by atoms with Crippen LogP contribution in [0.1, 0.15) is 23.3 Å². The number of rotatable bonds is 5. The van der Waals surface area contributed by atoms with E-state index in [-0.39, 0.29) is 23.3 Å². The van der Waals surface area contributed by atoms with Crippen molar-refractivity contribution in [2.75, 3.05) is 20.3 Å². The zero-order valence-electron chi connectivity index (χ0n) is 18.0. The molecule has 3 heterocycles. The number of carbonyl (C=O) groups is 1. The van der Waals surface area contributed by atoms with Crippen LogP contribution in [0.3, 0.4) is 0 Å². The van der Waals surface area contributed by atoms with Crippen molar-refractivity contribution in [3.63, 3.8) is 0 Å². The highest BCUT2D eigenvalue weighted by Crippen LogP contribution is 2.28. The Bertz CT molecular complexity index is 1370. The van der Waals surface area contributed by atoms with Gasteiger partial charge in [-0.05, 0) is 43.2 Å². The molecule has 0 saturated carbocycles. The van der Waals surface area contributed by atoms with E-state index in [9.17, 15) is 9.59 Å². The van der Waals surface area contributed by atoms with Gasteiger partial charge in [0.15, 0.2) is 5.69 Å². The number of benzene rings is 2. The summed E-state index contributed by atoms with van der Waals surface area (Å²) in [4.78, 5) is 26.8. The summed E-state index contributed by atoms with van der Waals surface area (Å²) in [5, 5.41) is 8.86. The summed E-state index contributed by atoms with van der Waals surface area (Å²) in [6.45, 7) is 1.13. The lowest BCUT2D eigenvalue weighted by Crippen LogP contribution is -2.34. The quantitative estimate of drug-likeness (QED) is 0.524. The number of methoxy groups -OCH3 is 1. The Hall–Kier alpha value is -3.65. The number of ether oxygens (including phenoxy) is 2. The average molecular weight is 432 g/mol. The minimum Gasteiger partial charge on any atom is -0.497 e. The summed E-state index contributed by atoms with van der Waals surface area (Å²) in [5.74, 6) is 0.339. The van der Waals surface area contributed by atoms with Gasteiger partial charge in [-0.15, -0.1) is 0 Å². The molecular formula is C24H24N4O4. The van der Waals surface area contributed by atoms with Crippen LogP contribution in [0.2, 0.25) is 0 Å². The molecule has 1 aliphatic rings. The number of para-hydroxylation sites is 1. The predicted octanol–water partition coefficient (Wildman–Crippen LogP) is 2.79. The number of hydrogen-bond acceptors (Lipinski definition) is 5. The maximum Gasteiger partial charge on any atom is 0.296 e. The molecule has 0 radical (unpaired) electrons. The summed E-state index contributed by atoms with van der Waals surface area (Å²) in [7, 11) is 3.41. The van der Waals surface area contributed by atoms with Crippen molar-refractivity contribution >= 4 is 27.7 Å². The Morgan fingerprint density at radius 3 is 2.72 bits per heavy atom. The van der Waals surface area contributed by atoms with E-state index in [0.717, 1.165) is 23.7 Å². The average Bonchev–Trinajstić information content (AvgIpc) is 3.45. The molecular weight excluding hydrogens is 408 g/mol.